The van der Waals surface area contributed by atoms with Crippen molar-refractivity contribution in [3.63, 3.8) is 0 Å². The highest BCUT2D eigenvalue weighted by atomic mass is 16.4. The summed E-state index contributed by atoms with van der Waals surface area (Å²) in [4.78, 5) is 52.7. The normalized spacial score (nSPS) is 14.8. The number of aliphatic imine (C=N–C) groups is 1. The van der Waals surface area contributed by atoms with Crippen molar-refractivity contribution in [1.29, 1.82) is 0 Å². The quantitative estimate of drug-likeness (QED) is 0.0935. The molecule has 4 unspecified atom stereocenters. The zero-order chi connectivity index (χ0) is 25.0. The Morgan fingerprint density at radius 2 is 1.44 bits per heavy atom. The molecular weight excluding hydrogens is 418 g/mol. The maximum Gasteiger partial charge on any atom is 0.326 e. The van der Waals surface area contributed by atoms with Gasteiger partial charge in [-0.25, -0.2) is 4.79 Å². The average molecular weight is 458 g/mol. The first-order valence-electron chi connectivity index (χ1n) is 10.7. The van der Waals surface area contributed by atoms with Crippen molar-refractivity contribution in [1.82, 2.24) is 16.0 Å². The van der Waals surface area contributed by atoms with E-state index >= 15 is 0 Å². The molecule has 0 aliphatic carbocycles. The zero-order valence-electron chi connectivity index (χ0n) is 19.6. The molecule has 0 heterocycles. The van der Waals surface area contributed by atoms with Crippen LogP contribution in [0.2, 0.25) is 0 Å². The molecule has 12 heteroatoms. The summed E-state index contributed by atoms with van der Waals surface area (Å²) in [5, 5.41) is 17.0. The van der Waals surface area contributed by atoms with Gasteiger partial charge in [0.25, 0.3) is 0 Å². The Labute approximate surface area is 189 Å². The van der Waals surface area contributed by atoms with Gasteiger partial charge >= 0.3 is 5.97 Å². The Balaban J connectivity index is 5.11. The molecule has 0 saturated heterocycles. The highest BCUT2D eigenvalue weighted by Crippen LogP contribution is 2.08. The lowest BCUT2D eigenvalue weighted by atomic mass is 10.0. The van der Waals surface area contributed by atoms with Gasteiger partial charge in [-0.2, -0.15) is 0 Å². The van der Waals surface area contributed by atoms with E-state index in [1.165, 1.54) is 6.92 Å². The maximum absolute atomic E-state index is 12.7. The second-order valence-corrected chi connectivity index (χ2v) is 8.54. The van der Waals surface area contributed by atoms with Crippen LogP contribution in [0.3, 0.4) is 0 Å². The van der Waals surface area contributed by atoms with E-state index < -0.39 is 47.9 Å². The summed E-state index contributed by atoms with van der Waals surface area (Å²) < 4.78 is 0. The third-order valence-corrected chi connectivity index (χ3v) is 4.67. The van der Waals surface area contributed by atoms with Gasteiger partial charge in [0, 0.05) is 6.54 Å². The lowest BCUT2D eigenvalue weighted by molar-refractivity contribution is -0.142. The number of carbonyl (C=O) groups excluding carboxylic acids is 3. The molecule has 0 aromatic heterocycles. The first-order chi connectivity index (χ1) is 14.8. The van der Waals surface area contributed by atoms with Crippen LogP contribution in [0.1, 0.15) is 53.9 Å². The molecule has 4 atom stereocenters. The molecule has 32 heavy (non-hydrogen) atoms. The second kappa shape index (κ2) is 14.2. The molecule has 12 nitrogen and oxygen atoms in total. The molecule has 184 valence electrons. The van der Waals surface area contributed by atoms with Gasteiger partial charge in [-0.05, 0) is 38.0 Å². The first-order valence-corrected chi connectivity index (χ1v) is 10.7. The van der Waals surface area contributed by atoms with Crippen molar-refractivity contribution >= 4 is 29.7 Å². The van der Waals surface area contributed by atoms with Crippen molar-refractivity contribution in [3.8, 4) is 0 Å². The minimum Gasteiger partial charge on any atom is -0.480 e. The van der Waals surface area contributed by atoms with E-state index in [1.807, 2.05) is 13.8 Å². The second-order valence-electron chi connectivity index (χ2n) is 8.54. The number of nitrogens with zero attached hydrogens (tertiary/aromatic N) is 1. The third kappa shape index (κ3) is 11.5. The van der Waals surface area contributed by atoms with Gasteiger partial charge in [0.05, 0.1) is 6.04 Å². The molecule has 0 spiro atoms. The summed E-state index contributed by atoms with van der Waals surface area (Å²) >= 11 is 0. The monoisotopic (exact) mass is 457 g/mol. The number of nitrogens with one attached hydrogen (secondary N) is 3. The van der Waals surface area contributed by atoms with Crippen molar-refractivity contribution in [2.45, 2.75) is 78.0 Å². The molecule has 0 bridgehead atoms. The van der Waals surface area contributed by atoms with E-state index in [4.69, 9.17) is 17.2 Å². The van der Waals surface area contributed by atoms with Crippen molar-refractivity contribution in [2.24, 2.45) is 34.0 Å². The van der Waals surface area contributed by atoms with Gasteiger partial charge in [0.1, 0.15) is 18.1 Å². The highest BCUT2D eigenvalue weighted by molar-refractivity contribution is 5.93. The zero-order valence-corrected chi connectivity index (χ0v) is 19.6. The third-order valence-electron chi connectivity index (χ3n) is 4.67. The van der Waals surface area contributed by atoms with Crippen LogP contribution in [0.5, 0.6) is 0 Å². The molecule has 0 saturated carbocycles. The summed E-state index contributed by atoms with van der Waals surface area (Å²) in [6.45, 7) is 9.01. The number of aliphatic carboxylic acids is 1. The molecule has 0 radical (unpaired) electrons. The minimum atomic E-state index is -1.21. The van der Waals surface area contributed by atoms with Crippen LogP contribution in [0, 0.1) is 11.8 Å². The van der Waals surface area contributed by atoms with E-state index in [2.05, 4.69) is 20.9 Å². The molecule has 0 aliphatic heterocycles. The molecule has 0 aromatic carbocycles. The Morgan fingerprint density at radius 1 is 0.875 bits per heavy atom. The number of carboxylic acids is 1. The van der Waals surface area contributed by atoms with Crippen LogP contribution < -0.4 is 33.2 Å². The molecule has 0 fully saturated rings. The van der Waals surface area contributed by atoms with Crippen molar-refractivity contribution in [2.75, 3.05) is 6.54 Å². The van der Waals surface area contributed by atoms with Crippen molar-refractivity contribution in [3.05, 3.63) is 0 Å². The van der Waals surface area contributed by atoms with Gasteiger partial charge in [-0.3, -0.25) is 19.4 Å². The minimum absolute atomic E-state index is 0.0375. The van der Waals surface area contributed by atoms with Gasteiger partial charge in [-0.1, -0.05) is 27.7 Å². The number of carbonyl (C=O) groups is 4. The van der Waals surface area contributed by atoms with E-state index in [0.717, 1.165) is 0 Å². The number of carboxylic acid groups (broad SMARTS) is 1. The summed E-state index contributed by atoms with van der Waals surface area (Å²) in [7, 11) is 0. The summed E-state index contributed by atoms with van der Waals surface area (Å²) in [6.07, 6.45) is 0.735. The fourth-order valence-corrected chi connectivity index (χ4v) is 2.71. The number of nitrogens with two attached hydrogens (primary N) is 3. The van der Waals surface area contributed by atoms with E-state index in [0.29, 0.717) is 6.42 Å². The Morgan fingerprint density at radius 3 is 1.91 bits per heavy atom. The lowest BCUT2D eigenvalue weighted by Crippen LogP contribution is -2.57. The number of amides is 3. The fourth-order valence-electron chi connectivity index (χ4n) is 2.71. The number of rotatable bonds is 14. The summed E-state index contributed by atoms with van der Waals surface area (Å²) in [5.41, 5.74) is 16.3. The van der Waals surface area contributed by atoms with Crippen LogP contribution in [-0.4, -0.2) is 65.5 Å². The van der Waals surface area contributed by atoms with Gasteiger partial charge < -0.3 is 38.3 Å². The maximum atomic E-state index is 12.7. The van der Waals surface area contributed by atoms with Crippen LogP contribution in [-0.2, 0) is 19.2 Å². The summed E-state index contributed by atoms with van der Waals surface area (Å²) in [5.74, 6) is -3.05. The van der Waals surface area contributed by atoms with Crippen molar-refractivity contribution < 1.29 is 24.3 Å². The van der Waals surface area contributed by atoms with E-state index in [-0.39, 0.29) is 37.2 Å². The molecule has 10 N–H and O–H groups in total. The Kier molecular flexibility index (Phi) is 12.9. The Hall–Kier alpha value is -2.89. The standard InChI is InChI=1S/C20H39N7O5/c1-10(2)9-14(27-16(28)12(5)25-18(30)15(21)11(3)4)17(29)26-13(19(31)32)7-6-8-24-20(22)23/h10-15H,6-9,21H2,1-5H3,(H,25,30)(H,26,29)(H,27,28)(H,31,32)(H4,22,23,24). The largest absolute Gasteiger partial charge is 0.480 e. The van der Waals surface area contributed by atoms with Gasteiger partial charge in [-0.15, -0.1) is 0 Å². The molecule has 3 amide bonds. The fraction of sp³-hybridized carbons (Fsp3) is 0.750. The number of guanidine groups is 1. The van der Waals surface area contributed by atoms with Gasteiger partial charge in [0.2, 0.25) is 17.7 Å². The highest BCUT2D eigenvalue weighted by Gasteiger charge is 2.29. The predicted octanol–water partition coefficient (Wildman–Crippen LogP) is -1.37. The molecular formula is C20H39N7O5. The SMILES string of the molecule is CC(C)CC(NC(=O)C(C)NC(=O)C(N)C(C)C)C(=O)NC(CCCN=C(N)N)C(=O)O. The molecule has 0 aromatic rings. The molecule has 0 rings (SSSR count). The van der Waals surface area contributed by atoms with Crippen LogP contribution in [0.25, 0.3) is 0 Å². The Bertz CT molecular complexity index is 677. The number of hydrogen-bond acceptors (Lipinski definition) is 6. The predicted molar refractivity (Wildman–Crippen MR) is 121 cm³/mol. The van der Waals surface area contributed by atoms with Crippen LogP contribution in [0.15, 0.2) is 4.99 Å². The van der Waals surface area contributed by atoms with Crippen LogP contribution >= 0.6 is 0 Å². The van der Waals surface area contributed by atoms with E-state index in [9.17, 15) is 24.3 Å². The number of hydrogen-bond donors (Lipinski definition) is 7. The first kappa shape index (κ1) is 29.1. The topological polar surface area (TPSA) is 215 Å². The van der Waals surface area contributed by atoms with Crippen LogP contribution in [0.4, 0.5) is 0 Å². The lowest BCUT2D eigenvalue weighted by Gasteiger charge is -2.25. The van der Waals surface area contributed by atoms with E-state index in [1.54, 1.807) is 13.8 Å². The molecule has 0 aliphatic rings. The summed E-state index contributed by atoms with van der Waals surface area (Å²) in [6, 6.07) is -3.83. The average Bonchev–Trinajstić information content (AvgIpc) is 2.67. The smallest absolute Gasteiger partial charge is 0.326 e. The van der Waals surface area contributed by atoms with Gasteiger partial charge in [0.15, 0.2) is 5.96 Å².